The van der Waals surface area contributed by atoms with E-state index in [9.17, 15) is 0 Å². The van der Waals surface area contributed by atoms with Crippen LogP contribution in [0.15, 0.2) is 6.20 Å². The fourth-order valence-electron chi connectivity index (χ4n) is 1.55. The lowest BCUT2D eigenvalue weighted by Crippen LogP contribution is -2.30. The first-order valence-corrected chi connectivity index (χ1v) is 6.03. The molecule has 1 aliphatic carbocycles. The summed E-state index contributed by atoms with van der Waals surface area (Å²) >= 11 is 7.34. The van der Waals surface area contributed by atoms with Gasteiger partial charge in [-0.05, 0) is 12.8 Å². The minimum Gasteiger partial charge on any atom is -0.329 e. The summed E-state index contributed by atoms with van der Waals surface area (Å²) in [5, 5.41) is 0. The molecule has 1 heterocycles. The maximum Gasteiger partial charge on any atom is 0.183 e. The van der Waals surface area contributed by atoms with E-state index in [0.29, 0.717) is 4.47 Å². The molecule has 2 rings (SSSR count). The van der Waals surface area contributed by atoms with Crippen LogP contribution in [0.2, 0.25) is 4.47 Å². The Morgan fingerprint density at radius 3 is 2.93 bits per heavy atom. The molecular weight excluding hydrogens is 218 g/mol. The van der Waals surface area contributed by atoms with Gasteiger partial charge in [0.1, 0.15) is 0 Å². The van der Waals surface area contributed by atoms with Crippen molar-refractivity contribution in [3.05, 3.63) is 15.5 Å². The van der Waals surface area contributed by atoms with Gasteiger partial charge < -0.3 is 5.73 Å². The van der Waals surface area contributed by atoms with Crippen molar-refractivity contribution >= 4 is 22.9 Å². The van der Waals surface area contributed by atoms with Crippen LogP contribution in [0.25, 0.3) is 0 Å². The average Bonchev–Trinajstić information content (AvgIpc) is 2.91. The van der Waals surface area contributed by atoms with Crippen LogP contribution in [-0.4, -0.2) is 29.0 Å². The zero-order valence-electron chi connectivity index (χ0n) is 7.95. The van der Waals surface area contributed by atoms with Crippen LogP contribution in [0.3, 0.4) is 0 Å². The van der Waals surface area contributed by atoms with Crippen molar-refractivity contribution in [1.82, 2.24) is 9.88 Å². The summed E-state index contributed by atoms with van der Waals surface area (Å²) in [5.41, 5.74) is 5.57. The Labute approximate surface area is 92.9 Å². The molecule has 0 aromatic carbocycles. The van der Waals surface area contributed by atoms with Crippen LogP contribution >= 0.6 is 22.9 Å². The molecule has 1 aromatic heterocycles. The van der Waals surface area contributed by atoms with Crippen LogP contribution in [0, 0.1) is 0 Å². The lowest BCUT2D eigenvalue weighted by Gasteiger charge is -2.19. The summed E-state index contributed by atoms with van der Waals surface area (Å²) in [7, 11) is 0. The van der Waals surface area contributed by atoms with E-state index in [1.807, 2.05) is 6.20 Å². The molecule has 5 heteroatoms. The maximum atomic E-state index is 5.78. The fraction of sp³-hybridized carbons (Fsp3) is 0.667. The monoisotopic (exact) mass is 231 g/mol. The van der Waals surface area contributed by atoms with Crippen LogP contribution in [0.1, 0.15) is 17.7 Å². The zero-order chi connectivity index (χ0) is 9.97. The van der Waals surface area contributed by atoms with Crippen LogP contribution in [0.5, 0.6) is 0 Å². The van der Waals surface area contributed by atoms with Gasteiger partial charge in [0, 0.05) is 36.8 Å². The second-order valence-electron chi connectivity index (χ2n) is 3.57. The SMILES string of the molecule is NCCN(Cc1cnc(Cl)s1)C1CC1. The molecule has 0 atom stereocenters. The highest BCUT2D eigenvalue weighted by molar-refractivity contribution is 7.15. The van der Waals surface area contributed by atoms with Gasteiger partial charge in [-0.3, -0.25) is 4.90 Å². The Balaban J connectivity index is 1.92. The van der Waals surface area contributed by atoms with Gasteiger partial charge in [-0.1, -0.05) is 11.6 Å². The van der Waals surface area contributed by atoms with Gasteiger partial charge in [-0.25, -0.2) is 4.98 Å². The predicted molar refractivity (Wildman–Crippen MR) is 59.6 cm³/mol. The molecule has 78 valence electrons. The van der Waals surface area contributed by atoms with Gasteiger partial charge in [-0.2, -0.15) is 0 Å². The number of aromatic nitrogens is 1. The Morgan fingerprint density at radius 2 is 2.43 bits per heavy atom. The van der Waals surface area contributed by atoms with Crippen LogP contribution in [0.4, 0.5) is 0 Å². The molecule has 0 amide bonds. The molecule has 0 radical (unpaired) electrons. The van der Waals surface area contributed by atoms with Crippen molar-refractivity contribution in [2.45, 2.75) is 25.4 Å². The van der Waals surface area contributed by atoms with Gasteiger partial charge in [-0.15, -0.1) is 11.3 Å². The van der Waals surface area contributed by atoms with Crippen molar-refractivity contribution < 1.29 is 0 Å². The molecular formula is C9H14ClN3S. The molecule has 1 saturated carbocycles. The van der Waals surface area contributed by atoms with E-state index in [-0.39, 0.29) is 0 Å². The quantitative estimate of drug-likeness (QED) is 0.839. The van der Waals surface area contributed by atoms with E-state index in [1.54, 1.807) is 11.3 Å². The van der Waals surface area contributed by atoms with Crippen molar-refractivity contribution in [1.29, 1.82) is 0 Å². The van der Waals surface area contributed by atoms with Gasteiger partial charge in [0.2, 0.25) is 0 Å². The standard InChI is InChI=1S/C9H14ClN3S/c10-9-12-5-8(14-9)6-13(4-3-11)7-1-2-7/h5,7H,1-4,6,11H2. The molecule has 1 fully saturated rings. The molecule has 0 unspecified atom stereocenters. The number of hydrogen-bond acceptors (Lipinski definition) is 4. The molecule has 1 aliphatic rings. The minimum atomic E-state index is 0.628. The number of thiazole rings is 1. The van der Waals surface area contributed by atoms with Gasteiger partial charge in [0.25, 0.3) is 0 Å². The Kier molecular flexibility index (Phi) is 3.38. The molecule has 14 heavy (non-hydrogen) atoms. The van der Waals surface area contributed by atoms with Crippen molar-refractivity contribution in [2.75, 3.05) is 13.1 Å². The summed E-state index contributed by atoms with van der Waals surface area (Å²) in [5.74, 6) is 0. The maximum absolute atomic E-state index is 5.78. The average molecular weight is 232 g/mol. The lowest BCUT2D eigenvalue weighted by molar-refractivity contribution is 0.264. The molecule has 3 nitrogen and oxygen atoms in total. The summed E-state index contributed by atoms with van der Waals surface area (Å²) < 4.78 is 0.628. The van der Waals surface area contributed by atoms with E-state index < -0.39 is 0 Å². The van der Waals surface area contributed by atoms with Gasteiger partial charge >= 0.3 is 0 Å². The molecule has 0 bridgehead atoms. The van der Waals surface area contributed by atoms with E-state index in [0.717, 1.165) is 25.7 Å². The Hall–Kier alpha value is -0.160. The topological polar surface area (TPSA) is 42.1 Å². The zero-order valence-corrected chi connectivity index (χ0v) is 9.52. The van der Waals surface area contributed by atoms with Crippen molar-refractivity contribution in [2.24, 2.45) is 5.73 Å². The first kappa shape index (κ1) is 10.4. The van der Waals surface area contributed by atoms with Gasteiger partial charge in [0.15, 0.2) is 4.47 Å². The van der Waals surface area contributed by atoms with Gasteiger partial charge in [0.05, 0.1) is 0 Å². The third-order valence-corrected chi connectivity index (χ3v) is 3.46. The number of rotatable bonds is 5. The third kappa shape index (κ3) is 2.67. The highest BCUT2D eigenvalue weighted by Gasteiger charge is 2.28. The first-order chi connectivity index (χ1) is 6.79. The highest BCUT2D eigenvalue weighted by atomic mass is 35.5. The Bertz CT molecular complexity index is 298. The van der Waals surface area contributed by atoms with E-state index >= 15 is 0 Å². The third-order valence-electron chi connectivity index (χ3n) is 2.36. The summed E-state index contributed by atoms with van der Waals surface area (Å²) in [6, 6.07) is 0.749. The number of halogens is 1. The summed E-state index contributed by atoms with van der Waals surface area (Å²) in [6.45, 7) is 2.65. The van der Waals surface area contributed by atoms with E-state index in [4.69, 9.17) is 17.3 Å². The number of nitrogens with zero attached hydrogens (tertiary/aromatic N) is 2. The molecule has 0 spiro atoms. The summed E-state index contributed by atoms with van der Waals surface area (Å²) in [6.07, 6.45) is 4.48. The molecule has 2 N–H and O–H groups in total. The summed E-state index contributed by atoms with van der Waals surface area (Å²) in [4.78, 5) is 7.69. The van der Waals surface area contributed by atoms with Crippen molar-refractivity contribution in [3.8, 4) is 0 Å². The largest absolute Gasteiger partial charge is 0.329 e. The van der Waals surface area contributed by atoms with E-state index in [1.165, 1.54) is 17.7 Å². The second-order valence-corrected chi connectivity index (χ2v) is 5.27. The Morgan fingerprint density at radius 1 is 1.64 bits per heavy atom. The van der Waals surface area contributed by atoms with Crippen molar-refractivity contribution in [3.63, 3.8) is 0 Å². The number of nitrogens with two attached hydrogens (primary N) is 1. The second kappa shape index (κ2) is 4.57. The molecule has 0 saturated heterocycles. The number of hydrogen-bond donors (Lipinski definition) is 1. The predicted octanol–water partition coefficient (Wildman–Crippen LogP) is 1.72. The van der Waals surface area contributed by atoms with E-state index in [2.05, 4.69) is 9.88 Å². The smallest absolute Gasteiger partial charge is 0.183 e. The molecule has 0 aliphatic heterocycles. The minimum absolute atomic E-state index is 0.628. The lowest BCUT2D eigenvalue weighted by atomic mass is 10.4. The molecule has 1 aromatic rings. The fourth-order valence-corrected chi connectivity index (χ4v) is 2.56. The first-order valence-electron chi connectivity index (χ1n) is 4.84. The normalized spacial score (nSPS) is 16.5. The van der Waals surface area contributed by atoms with Crippen LogP contribution < -0.4 is 5.73 Å². The van der Waals surface area contributed by atoms with Crippen LogP contribution in [-0.2, 0) is 6.54 Å². The highest BCUT2D eigenvalue weighted by Crippen LogP contribution is 2.29.